The highest BCUT2D eigenvalue weighted by molar-refractivity contribution is 5.83. The van der Waals surface area contributed by atoms with E-state index in [-0.39, 0.29) is 59.0 Å². The highest BCUT2D eigenvalue weighted by Gasteiger charge is 2.71. The molecule has 2 heterocycles. The van der Waals surface area contributed by atoms with E-state index in [1.54, 1.807) is 34.6 Å². The Balaban J connectivity index is 1.01. The van der Waals surface area contributed by atoms with Crippen LogP contribution in [-0.4, -0.2) is 70.0 Å². The van der Waals surface area contributed by atoms with Crippen molar-refractivity contribution in [3.05, 3.63) is 32.6 Å². The highest BCUT2D eigenvalue weighted by Crippen LogP contribution is 2.77. The molecule has 0 amide bonds. The third-order valence-corrected chi connectivity index (χ3v) is 19.8. The Bertz CT molecular complexity index is 2310. The lowest BCUT2D eigenvalue weighted by Crippen LogP contribution is -2.67. The first-order valence-electron chi connectivity index (χ1n) is 25.4. The zero-order valence-electron chi connectivity index (χ0n) is 42.8. The molecule has 0 bridgehead atoms. The van der Waals surface area contributed by atoms with Gasteiger partial charge in [-0.15, -0.1) is 0 Å². The lowest BCUT2D eigenvalue weighted by Gasteiger charge is -2.73. The van der Waals surface area contributed by atoms with Gasteiger partial charge in [0.25, 0.3) is 5.56 Å². The van der Waals surface area contributed by atoms with E-state index < -0.39 is 64.3 Å². The minimum Gasteiger partial charge on any atom is -0.481 e. The van der Waals surface area contributed by atoms with Crippen LogP contribution in [-0.2, 0) is 38.1 Å². The van der Waals surface area contributed by atoms with E-state index in [0.717, 1.165) is 64.2 Å². The lowest BCUT2D eigenvalue weighted by molar-refractivity contribution is -0.253. The molecule has 1 saturated heterocycles. The van der Waals surface area contributed by atoms with Gasteiger partial charge in [0.1, 0.15) is 35.7 Å². The molecule has 16 nitrogen and oxygen atoms in total. The lowest BCUT2D eigenvalue weighted by atomic mass is 9.32. The summed E-state index contributed by atoms with van der Waals surface area (Å²) in [6, 6.07) is -0.684. The molecule has 6 fully saturated rings. The Morgan fingerprint density at radius 1 is 0.897 bits per heavy atom. The van der Waals surface area contributed by atoms with Crippen molar-refractivity contribution in [2.75, 3.05) is 13.2 Å². The second-order valence-electron chi connectivity index (χ2n) is 25.2. The number of esters is 3. The van der Waals surface area contributed by atoms with Crippen molar-refractivity contribution in [2.45, 2.75) is 191 Å². The first-order valence-corrected chi connectivity index (χ1v) is 25.4. The molecular weight excluding hydrogens is 871 g/mol. The molecule has 1 aliphatic heterocycles. The third kappa shape index (κ3) is 8.85. The zero-order valence-corrected chi connectivity index (χ0v) is 42.8. The third-order valence-electron chi connectivity index (χ3n) is 19.8. The molecule has 378 valence electrons. The Morgan fingerprint density at radius 3 is 2.25 bits per heavy atom. The second kappa shape index (κ2) is 18.2. The van der Waals surface area contributed by atoms with Crippen LogP contribution in [0, 0.1) is 85.9 Å². The number of hydrogen-bond donors (Lipinski definition) is 3. The molecule has 6 aliphatic rings. The first-order chi connectivity index (χ1) is 31.6. The van der Waals surface area contributed by atoms with Gasteiger partial charge in [-0.1, -0.05) is 48.5 Å². The van der Waals surface area contributed by atoms with E-state index >= 15 is 0 Å². The summed E-state index contributed by atoms with van der Waals surface area (Å²) in [4.78, 5) is 82.4. The fourth-order valence-electron chi connectivity index (χ4n) is 15.7. The van der Waals surface area contributed by atoms with Gasteiger partial charge in [0.15, 0.2) is 6.04 Å². The van der Waals surface area contributed by atoms with Gasteiger partial charge in [0.05, 0.1) is 30.3 Å². The summed E-state index contributed by atoms with van der Waals surface area (Å²) in [6.07, 6.45) is 9.64. The molecule has 1 aromatic rings. The zero-order chi connectivity index (χ0) is 50.2. The number of ether oxygens (including phenoxy) is 4. The molecule has 3 unspecified atom stereocenters. The quantitative estimate of drug-likeness (QED) is 0.0691. The van der Waals surface area contributed by atoms with Crippen molar-refractivity contribution in [3.63, 3.8) is 0 Å². The van der Waals surface area contributed by atoms with Gasteiger partial charge in [-0.05, 0) is 151 Å². The summed E-state index contributed by atoms with van der Waals surface area (Å²) in [7, 11) is 0. The summed E-state index contributed by atoms with van der Waals surface area (Å²) >= 11 is 0. The number of aliphatic carboxylic acids is 1. The number of hydrogen-bond acceptors (Lipinski definition) is 12. The highest BCUT2D eigenvalue weighted by atomic mass is 16.6. The number of carboxylic acid groups (broad SMARTS) is 1. The molecule has 0 aromatic carbocycles. The van der Waals surface area contributed by atoms with E-state index in [1.807, 2.05) is 0 Å². The first kappa shape index (κ1) is 51.7. The Hall–Kier alpha value is -4.17. The van der Waals surface area contributed by atoms with E-state index in [2.05, 4.69) is 63.5 Å². The Kier molecular flexibility index (Phi) is 13.8. The molecule has 1 aromatic heterocycles. The number of carbonyl (C=O) groups is 4. The summed E-state index contributed by atoms with van der Waals surface area (Å²) in [5.41, 5.74) is 3.90. The average molecular weight is 951 g/mol. The number of nitrogens with one attached hydrogen (secondary N) is 2. The Morgan fingerprint density at radius 2 is 1.59 bits per heavy atom. The second-order valence-corrected chi connectivity index (χ2v) is 25.2. The van der Waals surface area contributed by atoms with Crippen LogP contribution in [0.3, 0.4) is 0 Å². The van der Waals surface area contributed by atoms with Crippen molar-refractivity contribution in [2.24, 2.45) is 78.5 Å². The van der Waals surface area contributed by atoms with Crippen molar-refractivity contribution in [1.29, 1.82) is 5.53 Å². The fourth-order valence-corrected chi connectivity index (χ4v) is 15.7. The van der Waals surface area contributed by atoms with Crippen LogP contribution >= 0.6 is 0 Å². The van der Waals surface area contributed by atoms with Crippen molar-refractivity contribution in [3.8, 4) is 0 Å². The number of H-pyrrole nitrogens is 1. The van der Waals surface area contributed by atoms with Crippen molar-refractivity contribution >= 4 is 23.9 Å². The van der Waals surface area contributed by atoms with Gasteiger partial charge in [0.2, 0.25) is 4.91 Å². The average Bonchev–Trinajstić information content (AvgIpc) is 3.83. The number of rotatable bonds is 14. The monoisotopic (exact) mass is 951 g/mol. The number of fused-ring (bicyclic) bond motifs is 7. The molecule has 68 heavy (non-hydrogen) atoms. The molecule has 0 spiro atoms. The maximum Gasteiger partial charge on any atom is 0.330 e. The standard InChI is InChI=1S/C52H79N5O11/c1-29(2)31-15-20-52(28-66-39(58)24-47(6,7)44(63)65-27-34-33(55-56-53)23-38(67-34)57-26-30(3)42(60)54-45(57)64)22-21-50(11)32(41(31)52)13-14-36-49(10)18-17-37(68-40(59)25-46(4,5)43(61)62)48(8,9)35(49)16-19-51(36,50)12/h26,29,31-38,41,53H,13-25,27-28H2,1-12H3,(H-,54,60,61,62,64)/p+1/t31-,32+,33?,34?,35-,36+,37-,38?,41+,49-,50+,51+,52+/m0/s1. The van der Waals surface area contributed by atoms with E-state index in [0.29, 0.717) is 47.7 Å². The topological polar surface area (TPSA) is 231 Å². The number of carbonyl (C=O) groups excluding carboxylic acids is 3. The summed E-state index contributed by atoms with van der Waals surface area (Å²) in [5.74, 6) is 0.232. The van der Waals surface area contributed by atoms with Crippen LogP contribution in [0.25, 0.3) is 0 Å². The molecule has 7 rings (SSSR count). The smallest absolute Gasteiger partial charge is 0.330 e. The molecule has 5 saturated carbocycles. The molecule has 16 heteroatoms. The minimum absolute atomic E-state index is 0.0605. The maximum atomic E-state index is 13.9. The van der Waals surface area contributed by atoms with Crippen molar-refractivity contribution < 1.29 is 43.2 Å². The molecular formula is C52H80N5O11+. The summed E-state index contributed by atoms with van der Waals surface area (Å²) in [5, 5.41) is 13.6. The maximum absolute atomic E-state index is 13.9. The van der Waals surface area contributed by atoms with Gasteiger partial charge in [-0.2, -0.15) is 0 Å². The molecule has 5 aliphatic carbocycles. The normalized spacial score (nSPS) is 37.4. The van der Waals surface area contributed by atoms with Crippen molar-refractivity contribution in [1.82, 2.24) is 14.5 Å². The van der Waals surface area contributed by atoms with Crippen LogP contribution < -0.4 is 16.2 Å². The van der Waals surface area contributed by atoms with Crippen LogP contribution in [0.4, 0.5) is 0 Å². The van der Waals surface area contributed by atoms with Gasteiger partial charge in [-0.3, -0.25) is 33.5 Å². The van der Waals surface area contributed by atoms with E-state index in [1.165, 1.54) is 10.8 Å². The molecule has 3 N–H and O–H groups in total. The number of aryl methyl sites for hydroxylation is 1. The number of nitrogens with zero attached hydrogens (tertiary/aromatic N) is 3. The fraction of sp³-hybridized carbons (Fsp3) is 0.846. The number of carboxylic acids is 1. The largest absolute Gasteiger partial charge is 0.481 e. The van der Waals surface area contributed by atoms with Crippen LogP contribution in [0.1, 0.15) is 171 Å². The molecule has 13 atom stereocenters. The van der Waals surface area contributed by atoms with E-state index in [9.17, 15) is 33.9 Å². The van der Waals surface area contributed by atoms with Crippen LogP contribution in [0.5, 0.6) is 0 Å². The summed E-state index contributed by atoms with van der Waals surface area (Å²) in [6.45, 7) is 25.1. The van der Waals surface area contributed by atoms with Gasteiger partial charge in [-0.25, -0.2) is 4.79 Å². The van der Waals surface area contributed by atoms with Crippen LogP contribution in [0.15, 0.2) is 20.9 Å². The number of aromatic nitrogens is 2. The van der Waals surface area contributed by atoms with Crippen LogP contribution in [0.2, 0.25) is 0 Å². The van der Waals surface area contributed by atoms with Gasteiger partial charge >= 0.3 is 29.6 Å². The van der Waals surface area contributed by atoms with Gasteiger partial charge < -0.3 is 24.1 Å². The van der Waals surface area contributed by atoms with Gasteiger partial charge in [0, 0.05) is 29.0 Å². The van der Waals surface area contributed by atoms with E-state index in [4.69, 9.17) is 24.5 Å². The minimum atomic E-state index is -1.22. The SMILES string of the molecule is Cc1cn(C2CC(N=[N+]=N)C(COC(=O)C(C)(C)CC(=O)OC[C@]34CC[C@@H](C(C)C)[C@@H]3[C@H]3CC[C@@H]5[C@@]6(C)CC[C@H](OC(=O)CC(C)(C)C(=O)O)C(C)(C)[C@@H]6CC[C@@]5(C)[C@]3(C)CC4)O2)c(=O)[nH]c1=O. The summed E-state index contributed by atoms with van der Waals surface area (Å²) < 4.78 is 25.5. The Labute approximate surface area is 401 Å². The predicted octanol–water partition coefficient (Wildman–Crippen LogP) is 8.70. The predicted molar refractivity (Wildman–Crippen MR) is 251 cm³/mol. The number of aromatic amines is 1. The molecule has 0 radical (unpaired) electrons.